The van der Waals surface area contributed by atoms with Gasteiger partial charge in [-0.2, -0.15) is 0 Å². The lowest BCUT2D eigenvalue weighted by Gasteiger charge is -2.34. The summed E-state index contributed by atoms with van der Waals surface area (Å²) in [7, 11) is 1.73. The molecule has 1 saturated heterocycles. The molecule has 2 N–H and O–H groups in total. The third-order valence-corrected chi connectivity index (χ3v) is 5.77. The Balaban J connectivity index is 0.00000280. The Kier molecular flexibility index (Phi) is 9.63. The number of rotatable bonds is 6. The quantitative estimate of drug-likeness (QED) is 0.349. The molecular weight excluding hydrogens is 490 g/mol. The second-order valence-corrected chi connectivity index (χ2v) is 7.83. The van der Waals surface area contributed by atoms with Crippen molar-refractivity contribution in [2.24, 2.45) is 4.99 Å². The molecule has 0 saturated carbocycles. The van der Waals surface area contributed by atoms with Crippen LogP contribution in [0.4, 0.5) is 4.39 Å². The first-order valence-electron chi connectivity index (χ1n) is 9.23. The molecule has 1 atom stereocenters. The fourth-order valence-corrected chi connectivity index (χ4v) is 4.18. The fourth-order valence-electron chi connectivity index (χ4n) is 3.17. The third kappa shape index (κ3) is 6.40. The van der Waals surface area contributed by atoms with Crippen LogP contribution < -0.4 is 10.6 Å². The molecule has 1 unspecified atom stereocenters. The number of hydrogen-bond donors (Lipinski definition) is 2. The molecule has 0 spiro atoms. The van der Waals surface area contributed by atoms with E-state index in [0.717, 1.165) is 32.8 Å². The summed E-state index contributed by atoms with van der Waals surface area (Å²) in [5, 5.41) is 6.61. The van der Waals surface area contributed by atoms with Gasteiger partial charge < -0.3 is 15.4 Å². The summed E-state index contributed by atoms with van der Waals surface area (Å²) in [6.45, 7) is 6.63. The number of hydrogen-bond acceptors (Lipinski definition) is 4. The lowest BCUT2D eigenvalue weighted by molar-refractivity contribution is 0.0177. The highest BCUT2D eigenvalue weighted by molar-refractivity contribution is 14.0. The lowest BCUT2D eigenvalue weighted by Crippen LogP contribution is -2.46. The molecule has 2 heterocycles. The van der Waals surface area contributed by atoms with Crippen molar-refractivity contribution >= 4 is 41.3 Å². The molecule has 8 heteroatoms. The van der Waals surface area contributed by atoms with Gasteiger partial charge in [0, 0.05) is 48.5 Å². The number of morpholine rings is 1. The molecule has 0 radical (unpaired) electrons. The fraction of sp³-hybridized carbons (Fsp3) is 0.450. The van der Waals surface area contributed by atoms with Crippen LogP contribution in [0.15, 0.2) is 41.4 Å². The zero-order chi connectivity index (χ0) is 19.1. The first-order valence-corrected chi connectivity index (χ1v) is 10.0. The van der Waals surface area contributed by atoms with Gasteiger partial charge in [0.15, 0.2) is 5.96 Å². The lowest BCUT2D eigenvalue weighted by atomic mass is 10.2. The highest BCUT2D eigenvalue weighted by Crippen LogP contribution is 2.27. The van der Waals surface area contributed by atoms with E-state index in [4.69, 9.17) is 4.74 Å². The molecule has 0 aliphatic carbocycles. The maximum atomic E-state index is 13.8. The predicted octanol–water partition coefficient (Wildman–Crippen LogP) is 3.55. The molecule has 1 aliphatic heterocycles. The van der Waals surface area contributed by atoms with E-state index < -0.39 is 0 Å². The summed E-state index contributed by atoms with van der Waals surface area (Å²) >= 11 is 1.83. The molecule has 5 nitrogen and oxygen atoms in total. The normalized spacial score (nSPS) is 16.3. The van der Waals surface area contributed by atoms with Gasteiger partial charge in [0.05, 0.1) is 19.3 Å². The summed E-state index contributed by atoms with van der Waals surface area (Å²) in [6.07, 6.45) is 0. The highest BCUT2D eigenvalue weighted by atomic mass is 127. The van der Waals surface area contributed by atoms with Crippen LogP contribution in [0.5, 0.6) is 0 Å². The average molecular weight is 518 g/mol. The van der Waals surface area contributed by atoms with Crippen LogP contribution in [-0.2, 0) is 11.3 Å². The van der Waals surface area contributed by atoms with Crippen molar-refractivity contribution in [2.45, 2.75) is 19.5 Å². The van der Waals surface area contributed by atoms with Gasteiger partial charge in [-0.1, -0.05) is 18.2 Å². The number of aryl methyl sites for hydroxylation is 1. The van der Waals surface area contributed by atoms with E-state index in [2.05, 4.69) is 39.6 Å². The number of aliphatic imine (C=N–C) groups is 1. The maximum Gasteiger partial charge on any atom is 0.191 e. The molecular formula is C20H28FIN4OS. The Labute approximate surface area is 187 Å². The van der Waals surface area contributed by atoms with Crippen molar-refractivity contribution < 1.29 is 9.13 Å². The molecule has 1 aliphatic rings. The van der Waals surface area contributed by atoms with E-state index in [0.29, 0.717) is 18.1 Å². The molecule has 0 bridgehead atoms. The summed E-state index contributed by atoms with van der Waals surface area (Å²) in [5.41, 5.74) is 0.624. The van der Waals surface area contributed by atoms with E-state index in [1.54, 1.807) is 19.2 Å². The number of thiophene rings is 1. The topological polar surface area (TPSA) is 48.9 Å². The smallest absolute Gasteiger partial charge is 0.191 e. The first-order chi connectivity index (χ1) is 13.2. The number of benzene rings is 1. The van der Waals surface area contributed by atoms with Crippen molar-refractivity contribution in [2.75, 3.05) is 39.9 Å². The molecule has 1 aromatic carbocycles. The third-order valence-electron chi connectivity index (χ3n) is 4.67. The summed E-state index contributed by atoms with van der Waals surface area (Å²) in [4.78, 5) is 9.38. The van der Waals surface area contributed by atoms with Gasteiger partial charge in [0.1, 0.15) is 5.82 Å². The summed E-state index contributed by atoms with van der Waals surface area (Å²) in [5.74, 6) is 0.463. The van der Waals surface area contributed by atoms with Crippen LogP contribution in [-0.4, -0.2) is 50.8 Å². The standard InChI is InChI=1S/C20H27FN4OS.HI/c1-15-7-8-19(27-15)18(25-9-11-26-12-10-25)14-24-20(22-2)23-13-16-5-3-4-6-17(16)21;/h3-8,18H,9-14H2,1-2H3,(H2,22,23,24);1H. The van der Waals surface area contributed by atoms with Crippen LogP contribution in [0.1, 0.15) is 21.4 Å². The van der Waals surface area contributed by atoms with Gasteiger partial charge in [-0.05, 0) is 25.1 Å². The van der Waals surface area contributed by atoms with Crippen molar-refractivity contribution in [3.63, 3.8) is 0 Å². The first kappa shape index (κ1) is 23.1. The van der Waals surface area contributed by atoms with E-state index in [9.17, 15) is 4.39 Å². The van der Waals surface area contributed by atoms with Gasteiger partial charge in [-0.15, -0.1) is 35.3 Å². The zero-order valence-corrected chi connectivity index (χ0v) is 19.4. The zero-order valence-electron chi connectivity index (χ0n) is 16.3. The van der Waals surface area contributed by atoms with E-state index in [1.807, 2.05) is 17.4 Å². The summed E-state index contributed by atoms with van der Waals surface area (Å²) < 4.78 is 19.3. The highest BCUT2D eigenvalue weighted by Gasteiger charge is 2.24. The largest absolute Gasteiger partial charge is 0.379 e. The molecule has 1 aromatic heterocycles. The minimum atomic E-state index is -0.208. The second-order valence-electron chi connectivity index (χ2n) is 6.51. The Bertz CT molecular complexity index is 764. The Morgan fingerprint density at radius 3 is 2.61 bits per heavy atom. The molecule has 2 aromatic rings. The van der Waals surface area contributed by atoms with E-state index in [1.165, 1.54) is 15.8 Å². The number of nitrogens with zero attached hydrogens (tertiary/aromatic N) is 2. The average Bonchev–Trinajstić information content (AvgIpc) is 3.12. The Morgan fingerprint density at radius 2 is 1.96 bits per heavy atom. The Hall–Kier alpha value is -1.23. The van der Waals surface area contributed by atoms with Crippen LogP contribution >= 0.6 is 35.3 Å². The minimum Gasteiger partial charge on any atom is -0.379 e. The van der Waals surface area contributed by atoms with Gasteiger partial charge in [0.25, 0.3) is 0 Å². The number of halogens is 2. The number of ether oxygens (including phenoxy) is 1. The number of guanidine groups is 1. The maximum absolute atomic E-state index is 13.8. The van der Waals surface area contributed by atoms with E-state index >= 15 is 0 Å². The minimum absolute atomic E-state index is 0. The second kappa shape index (κ2) is 11.7. The van der Waals surface area contributed by atoms with Gasteiger partial charge in [-0.25, -0.2) is 4.39 Å². The molecule has 0 amide bonds. The molecule has 154 valence electrons. The van der Waals surface area contributed by atoms with Crippen molar-refractivity contribution in [3.8, 4) is 0 Å². The predicted molar refractivity (Wildman–Crippen MR) is 124 cm³/mol. The summed E-state index contributed by atoms with van der Waals surface area (Å²) in [6, 6.07) is 11.4. The van der Waals surface area contributed by atoms with Crippen LogP contribution in [0.25, 0.3) is 0 Å². The van der Waals surface area contributed by atoms with Crippen LogP contribution in [0.2, 0.25) is 0 Å². The molecule has 1 fully saturated rings. The van der Waals surface area contributed by atoms with Gasteiger partial charge >= 0.3 is 0 Å². The molecule has 28 heavy (non-hydrogen) atoms. The van der Waals surface area contributed by atoms with Crippen LogP contribution in [0.3, 0.4) is 0 Å². The monoisotopic (exact) mass is 518 g/mol. The van der Waals surface area contributed by atoms with Crippen molar-refractivity contribution in [3.05, 3.63) is 57.5 Å². The molecule has 3 rings (SSSR count). The number of nitrogens with one attached hydrogen (secondary N) is 2. The Morgan fingerprint density at radius 1 is 1.21 bits per heavy atom. The van der Waals surface area contributed by atoms with Crippen molar-refractivity contribution in [1.29, 1.82) is 0 Å². The van der Waals surface area contributed by atoms with Crippen LogP contribution in [0, 0.1) is 12.7 Å². The SMILES string of the molecule is CN=C(NCc1ccccc1F)NCC(c1ccc(C)s1)N1CCOCC1.I. The van der Waals surface area contributed by atoms with Crippen molar-refractivity contribution in [1.82, 2.24) is 15.5 Å². The van der Waals surface area contributed by atoms with Gasteiger partial charge in [0.2, 0.25) is 0 Å². The van der Waals surface area contributed by atoms with E-state index in [-0.39, 0.29) is 35.8 Å². The van der Waals surface area contributed by atoms with Gasteiger partial charge in [-0.3, -0.25) is 9.89 Å².